The second-order valence-corrected chi connectivity index (χ2v) is 4.91. The maximum atomic E-state index is 13.4. The molecule has 1 unspecified atom stereocenters. The van der Waals surface area contributed by atoms with Gasteiger partial charge in [-0.1, -0.05) is 24.3 Å². The van der Waals surface area contributed by atoms with Crippen LogP contribution in [0.15, 0.2) is 36.4 Å². The Morgan fingerprint density at radius 2 is 1.84 bits per heavy atom. The molecule has 0 aromatic heterocycles. The molecule has 2 aromatic carbocycles. The van der Waals surface area contributed by atoms with Gasteiger partial charge in [0.2, 0.25) is 0 Å². The maximum Gasteiger partial charge on any atom is 0.197 e. The number of fused-ring (bicyclic) bond motifs is 1. The van der Waals surface area contributed by atoms with Crippen molar-refractivity contribution in [1.29, 1.82) is 0 Å². The fourth-order valence-electron chi connectivity index (χ4n) is 2.47. The van der Waals surface area contributed by atoms with Crippen molar-refractivity contribution in [3.05, 3.63) is 53.1 Å². The molecule has 3 rings (SSSR count). The second kappa shape index (κ2) is 4.19. The molecule has 1 N–H and O–H groups in total. The molecule has 1 aliphatic carbocycles. The first kappa shape index (κ1) is 11.9. The number of phenols is 1. The number of Topliss-reactive ketones (excluding diaryl/α,β-unsaturated/α-hetero) is 1. The van der Waals surface area contributed by atoms with Crippen LogP contribution in [-0.4, -0.2) is 17.1 Å². The summed E-state index contributed by atoms with van der Waals surface area (Å²) < 4.78 is 13.4. The van der Waals surface area contributed by atoms with Crippen LogP contribution in [0.2, 0.25) is 0 Å². The average Bonchev–Trinajstić information content (AvgIpc) is 2.68. The van der Waals surface area contributed by atoms with Crippen LogP contribution in [0.25, 0.3) is 11.1 Å². The number of rotatable bonds is 1. The van der Waals surface area contributed by atoms with Gasteiger partial charge in [-0.3, -0.25) is 4.79 Å². The number of halogens is 1. The number of hydrogen-bond acceptors (Lipinski definition) is 2. The van der Waals surface area contributed by atoms with E-state index in [9.17, 15) is 14.3 Å². The number of benzene rings is 2. The summed E-state index contributed by atoms with van der Waals surface area (Å²) in [7, 11) is 0. The normalized spacial score (nSPS) is 17.6. The van der Waals surface area contributed by atoms with E-state index in [0.29, 0.717) is 5.56 Å². The fourth-order valence-corrected chi connectivity index (χ4v) is 2.47. The monoisotopic (exact) mass is 256 g/mol. The van der Waals surface area contributed by atoms with Gasteiger partial charge in [0, 0.05) is 12.0 Å². The van der Waals surface area contributed by atoms with Gasteiger partial charge in [-0.15, -0.1) is 0 Å². The van der Waals surface area contributed by atoms with Crippen molar-refractivity contribution < 1.29 is 14.3 Å². The first-order chi connectivity index (χ1) is 9.06. The van der Waals surface area contributed by atoms with Crippen LogP contribution in [0.4, 0.5) is 4.39 Å². The van der Waals surface area contributed by atoms with E-state index in [0.717, 1.165) is 22.3 Å². The van der Waals surface area contributed by atoms with Crippen molar-refractivity contribution in [2.24, 2.45) is 0 Å². The summed E-state index contributed by atoms with van der Waals surface area (Å²) in [6.45, 7) is 1.83. The van der Waals surface area contributed by atoms with E-state index in [2.05, 4.69) is 0 Å². The maximum absolute atomic E-state index is 13.4. The van der Waals surface area contributed by atoms with E-state index in [1.54, 1.807) is 12.1 Å². The van der Waals surface area contributed by atoms with Crippen molar-refractivity contribution in [1.82, 2.24) is 0 Å². The van der Waals surface area contributed by atoms with Crippen molar-refractivity contribution in [3.63, 3.8) is 0 Å². The molecule has 0 aliphatic heterocycles. The molecule has 0 saturated heterocycles. The highest BCUT2D eigenvalue weighted by molar-refractivity contribution is 6.04. The highest BCUT2D eigenvalue weighted by Crippen LogP contribution is 2.31. The fraction of sp³-hybridized carbons (Fsp3) is 0.188. The topological polar surface area (TPSA) is 37.3 Å². The number of phenolic OH excluding ortho intramolecular Hbond substituents is 1. The van der Waals surface area contributed by atoms with E-state index < -0.39 is 12.0 Å². The first-order valence-corrected chi connectivity index (χ1v) is 6.17. The standard InChI is InChI=1S/C16H13FO2/c1-9-6-10(3-5-15(9)18)11-2-4-13-12(7-11)8-14(17)16(13)19/h2-7,14,18H,8H2,1H3. The molecule has 2 aromatic rings. The zero-order valence-electron chi connectivity index (χ0n) is 10.5. The summed E-state index contributed by atoms with van der Waals surface area (Å²) in [4.78, 5) is 11.5. The Balaban J connectivity index is 2.06. The second-order valence-electron chi connectivity index (χ2n) is 4.91. The van der Waals surface area contributed by atoms with Gasteiger partial charge in [0.1, 0.15) is 5.75 Å². The van der Waals surface area contributed by atoms with Crippen LogP contribution in [0.3, 0.4) is 0 Å². The number of alkyl halides is 1. The SMILES string of the molecule is Cc1cc(-c2ccc3c(c2)CC(F)C3=O)ccc1O. The number of aromatic hydroxyl groups is 1. The molecule has 3 heteroatoms. The molecule has 0 radical (unpaired) electrons. The summed E-state index contributed by atoms with van der Waals surface area (Å²) >= 11 is 0. The number of carbonyl (C=O) groups is 1. The highest BCUT2D eigenvalue weighted by Gasteiger charge is 2.30. The molecular formula is C16H13FO2. The quantitative estimate of drug-likeness (QED) is 0.848. The lowest BCUT2D eigenvalue weighted by Crippen LogP contribution is -2.07. The molecule has 0 spiro atoms. The molecule has 19 heavy (non-hydrogen) atoms. The lowest BCUT2D eigenvalue weighted by molar-refractivity contribution is 0.0899. The van der Waals surface area contributed by atoms with Gasteiger partial charge in [-0.2, -0.15) is 0 Å². The number of carbonyl (C=O) groups excluding carboxylic acids is 1. The van der Waals surface area contributed by atoms with Crippen LogP contribution in [0.5, 0.6) is 5.75 Å². The molecular weight excluding hydrogens is 243 g/mol. The first-order valence-electron chi connectivity index (χ1n) is 6.17. The van der Waals surface area contributed by atoms with E-state index >= 15 is 0 Å². The average molecular weight is 256 g/mol. The molecule has 1 atom stereocenters. The van der Waals surface area contributed by atoms with E-state index in [1.165, 1.54) is 0 Å². The summed E-state index contributed by atoms with van der Waals surface area (Å²) in [5, 5.41) is 9.52. The van der Waals surface area contributed by atoms with Gasteiger partial charge in [0.25, 0.3) is 0 Å². The van der Waals surface area contributed by atoms with Crippen molar-refractivity contribution in [2.75, 3.05) is 0 Å². The summed E-state index contributed by atoms with van der Waals surface area (Å²) in [5.41, 5.74) is 3.93. The van der Waals surface area contributed by atoms with Gasteiger partial charge in [-0.05, 0) is 41.3 Å². The molecule has 0 heterocycles. The molecule has 0 bridgehead atoms. The van der Waals surface area contributed by atoms with Gasteiger partial charge >= 0.3 is 0 Å². The van der Waals surface area contributed by atoms with Gasteiger partial charge in [0.05, 0.1) is 0 Å². The predicted octanol–water partition coefficient (Wildman–Crippen LogP) is 3.44. The Bertz CT molecular complexity index is 676. The minimum Gasteiger partial charge on any atom is -0.508 e. The van der Waals surface area contributed by atoms with Crippen LogP contribution in [0.1, 0.15) is 21.5 Å². The molecule has 0 saturated carbocycles. The predicted molar refractivity (Wildman–Crippen MR) is 71.2 cm³/mol. The van der Waals surface area contributed by atoms with Crippen LogP contribution in [-0.2, 0) is 6.42 Å². The number of aryl methyl sites for hydroxylation is 1. The largest absolute Gasteiger partial charge is 0.508 e. The van der Waals surface area contributed by atoms with Crippen LogP contribution >= 0.6 is 0 Å². The minimum atomic E-state index is -1.40. The van der Waals surface area contributed by atoms with Gasteiger partial charge < -0.3 is 5.11 Å². The third-order valence-electron chi connectivity index (χ3n) is 3.58. The minimum absolute atomic E-state index is 0.166. The summed E-state index contributed by atoms with van der Waals surface area (Å²) in [5.74, 6) is -0.160. The third-order valence-corrected chi connectivity index (χ3v) is 3.58. The van der Waals surface area contributed by atoms with E-state index in [1.807, 2.05) is 31.2 Å². The zero-order valence-corrected chi connectivity index (χ0v) is 10.5. The lowest BCUT2D eigenvalue weighted by atomic mass is 9.99. The molecule has 1 aliphatic rings. The number of hydrogen-bond donors (Lipinski definition) is 1. The van der Waals surface area contributed by atoms with E-state index in [-0.39, 0.29) is 12.2 Å². The molecule has 0 fully saturated rings. The Kier molecular flexibility index (Phi) is 2.63. The molecule has 96 valence electrons. The summed E-state index contributed by atoms with van der Waals surface area (Å²) in [6.07, 6.45) is -1.23. The Morgan fingerprint density at radius 1 is 1.16 bits per heavy atom. The summed E-state index contributed by atoms with van der Waals surface area (Å²) in [6, 6.07) is 10.7. The van der Waals surface area contributed by atoms with Crippen LogP contribution < -0.4 is 0 Å². The van der Waals surface area contributed by atoms with Crippen molar-refractivity contribution in [3.8, 4) is 16.9 Å². The van der Waals surface area contributed by atoms with E-state index in [4.69, 9.17) is 0 Å². The third kappa shape index (κ3) is 1.91. The Labute approximate surface area is 110 Å². The number of ketones is 1. The van der Waals surface area contributed by atoms with Crippen molar-refractivity contribution >= 4 is 5.78 Å². The zero-order chi connectivity index (χ0) is 13.6. The molecule has 0 amide bonds. The van der Waals surface area contributed by atoms with Crippen molar-refractivity contribution in [2.45, 2.75) is 19.5 Å². The lowest BCUT2D eigenvalue weighted by Gasteiger charge is -2.06. The Morgan fingerprint density at radius 3 is 2.58 bits per heavy atom. The van der Waals surface area contributed by atoms with Gasteiger partial charge in [0.15, 0.2) is 12.0 Å². The Hall–Kier alpha value is -2.16. The highest BCUT2D eigenvalue weighted by atomic mass is 19.1. The van der Waals surface area contributed by atoms with Crippen LogP contribution in [0, 0.1) is 6.92 Å². The smallest absolute Gasteiger partial charge is 0.197 e. The molecule has 2 nitrogen and oxygen atoms in total. The van der Waals surface area contributed by atoms with Gasteiger partial charge in [-0.25, -0.2) is 4.39 Å².